The van der Waals surface area contributed by atoms with E-state index in [1.807, 2.05) is 6.92 Å². The van der Waals surface area contributed by atoms with Crippen LogP contribution in [0, 0.1) is 20.8 Å². The first-order valence-corrected chi connectivity index (χ1v) is 7.39. The topological polar surface area (TPSA) is 37.8 Å². The summed E-state index contributed by atoms with van der Waals surface area (Å²) in [6, 6.07) is 0. The summed E-state index contributed by atoms with van der Waals surface area (Å²) in [6.45, 7) is 8.06. The first-order valence-electron chi connectivity index (χ1n) is 5.70. The fraction of sp³-hybridized carbons (Fsp3) is 0.500. The molecule has 5 heteroatoms. The Bertz CT molecular complexity index is 488. The molecule has 2 aromatic heterocycles. The highest BCUT2D eigenvalue weighted by Gasteiger charge is 2.04. The van der Waals surface area contributed by atoms with Gasteiger partial charge < -0.3 is 5.32 Å². The van der Waals surface area contributed by atoms with Gasteiger partial charge in [-0.1, -0.05) is 0 Å². The second-order valence-corrected chi connectivity index (χ2v) is 6.28. The van der Waals surface area contributed by atoms with Crippen molar-refractivity contribution in [1.82, 2.24) is 15.3 Å². The van der Waals surface area contributed by atoms with Crippen molar-refractivity contribution in [3.05, 3.63) is 31.7 Å². The third-order valence-electron chi connectivity index (χ3n) is 2.47. The molecule has 0 saturated heterocycles. The highest BCUT2D eigenvalue weighted by Crippen LogP contribution is 2.16. The smallest absolute Gasteiger partial charge is 0.0940 e. The number of hydrogen-bond donors (Lipinski definition) is 1. The minimum atomic E-state index is 0.918. The van der Waals surface area contributed by atoms with Crippen molar-refractivity contribution in [3.63, 3.8) is 0 Å². The molecule has 3 nitrogen and oxygen atoms in total. The van der Waals surface area contributed by atoms with Gasteiger partial charge in [-0.2, -0.15) is 0 Å². The molecule has 0 unspecified atom stereocenters. The van der Waals surface area contributed by atoms with E-state index in [1.165, 1.54) is 9.88 Å². The van der Waals surface area contributed by atoms with E-state index in [2.05, 4.69) is 34.5 Å². The van der Waals surface area contributed by atoms with Crippen LogP contribution in [0.3, 0.4) is 0 Å². The van der Waals surface area contributed by atoms with Crippen molar-refractivity contribution in [3.8, 4) is 0 Å². The van der Waals surface area contributed by atoms with E-state index in [0.29, 0.717) is 0 Å². The van der Waals surface area contributed by atoms with E-state index < -0.39 is 0 Å². The van der Waals surface area contributed by atoms with Gasteiger partial charge in [0.05, 0.1) is 15.7 Å². The summed E-state index contributed by atoms with van der Waals surface area (Å²) in [4.78, 5) is 10.2. The van der Waals surface area contributed by atoms with Crippen molar-refractivity contribution >= 4 is 22.7 Å². The Morgan fingerprint density at radius 2 is 2.06 bits per heavy atom. The summed E-state index contributed by atoms with van der Waals surface area (Å²) < 4.78 is 0. The van der Waals surface area contributed by atoms with E-state index in [4.69, 9.17) is 0 Å². The Kier molecular flexibility index (Phi) is 4.25. The molecule has 0 aromatic carbocycles. The van der Waals surface area contributed by atoms with Gasteiger partial charge in [0.1, 0.15) is 0 Å². The lowest BCUT2D eigenvalue weighted by molar-refractivity contribution is 0.688. The monoisotopic (exact) mass is 267 g/mol. The van der Waals surface area contributed by atoms with Crippen LogP contribution in [-0.2, 0) is 13.0 Å². The molecule has 0 bridgehead atoms. The molecule has 0 aliphatic carbocycles. The summed E-state index contributed by atoms with van der Waals surface area (Å²) in [5.41, 5.74) is 2.28. The predicted molar refractivity (Wildman–Crippen MR) is 73.8 cm³/mol. The minimum absolute atomic E-state index is 0.918. The number of hydrogen-bond acceptors (Lipinski definition) is 5. The van der Waals surface area contributed by atoms with Crippen LogP contribution in [-0.4, -0.2) is 16.5 Å². The van der Waals surface area contributed by atoms with Crippen LogP contribution < -0.4 is 5.32 Å². The molecule has 0 aliphatic rings. The van der Waals surface area contributed by atoms with Gasteiger partial charge in [-0.15, -0.1) is 22.7 Å². The van der Waals surface area contributed by atoms with Crippen LogP contribution in [0.5, 0.6) is 0 Å². The standard InChI is InChI=1S/C12H17N3S2/c1-8-7-16-12(14-8)4-5-13-6-11-9(2)15-10(3)17-11/h7,13H,4-6H2,1-3H3. The maximum absolute atomic E-state index is 4.45. The third kappa shape index (κ3) is 3.59. The Morgan fingerprint density at radius 1 is 1.24 bits per heavy atom. The number of aryl methyl sites for hydroxylation is 3. The normalized spacial score (nSPS) is 11.0. The molecular formula is C12H17N3S2. The molecule has 17 heavy (non-hydrogen) atoms. The number of aromatic nitrogens is 2. The van der Waals surface area contributed by atoms with Crippen molar-refractivity contribution in [1.29, 1.82) is 0 Å². The van der Waals surface area contributed by atoms with Gasteiger partial charge in [0, 0.05) is 35.5 Å². The van der Waals surface area contributed by atoms with Crippen LogP contribution >= 0.6 is 22.7 Å². The number of nitrogens with zero attached hydrogens (tertiary/aromatic N) is 2. The fourth-order valence-electron chi connectivity index (χ4n) is 1.65. The van der Waals surface area contributed by atoms with Crippen molar-refractivity contribution < 1.29 is 0 Å². The molecule has 1 N–H and O–H groups in total. The Morgan fingerprint density at radius 3 is 2.65 bits per heavy atom. The van der Waals surface area contributed by atoms with Gasteiger partial charge >= 0.3 is 0 Å². The lowest BCUT2D eigenvalue weighted by atomic mass is 10.3. The highest BCUT2D eigenvalue weighted by molar-refractivity contribution is 7.11. The van der Waals surface area contributed by atoms with E-state index in [-0.39, 0.29) is 0 Å². The molecule has 0 fully saturated rings. The lowest BCUT2D eigenvalue weighted by Crippen LogP contribution is -2.16. The number of thiazole rings is 2. The molecule has 2 aromatic rings. The summed E-state index contributed by atoms with van der Waals surface area (Å²) >= 11 is 3.52. The van der Waals surface area contributed by atoms with Crippen LogP contribution in [0.25, 0.3) is 0 Å². The van der Waals surface area contributed by atoms with Crippen LogP contribution in [0.15, 0.2) is 5.38 Å². The Balaban J connectivity index is 1.75. The SMILES string of the molecule is Cc1csc(CCNCc2sc(C)nc2C)n1. The highest BCUT2D eigenvalue weighted by atomic mass is 32.1. The molecule has 0 amide bonds. The average molecular weight is 267 g/mol. The zero-order valence-electron chi connectivity index (χ0n) is 10.4. The van der Waals surface area contributed by atoms with Crippen molar-refractivity contribution in [2.24, 2.45) is 0 Å². The van der Waals surface area contributed by atoms with Gasteiger partial charge in [0.15, 0.2) is 0 Å². The van der Waals surface area contributed by atoms with Gasteiger partial charge in [-0.25, -0.2) is 9.97 Å². The maximum atomic E-state index is 4.45. The second kappa shape index (κ2) is 5.71. The molecule has 92 valence electrons. The Hall–Kier alpha value is -0.780. The first kappa shape index (κ1) is 12.7. The Labute approximate surface area is 110 Å². The van der Waals surface area contributed by atoms with Gasteiger partial charge in [-0.3, -0.25) is 0 Å². The molecule has 0 spiro atoms. The quantitative estimate of drug-likeness (QED) is 0.847. The van der Waals surface area contributed by atoms with Gasteiger partial charge in [-0.05, 0) is 20.8 Å². The summed E-state index contributed by atoms with van der Waals surface area (Å²) in [7, 11) is 0. The molecule has 2 heterocycles. The van der Waals surface area contributed by atoms with Gasteiger partial charge in [0.25, 0.3) is 0 Å². The zero-order valence-corrected chi connectivity index (χ0v) is 12.0. The summed E-state index contributed by atoms with van der Waals surface area (Å²) in [5, 5.41) is 7.92. The van der Waals surface area contributed by atoms with Crippen LogP contribution in [0.2, 0.25) is 0 Å². The zero-order chi connectivity index (χ0) is 12.3. The third-order valence-corrected chi connectivity index (χ3v) is 4.57. The van der Waals surface area contributed by atoms with Crippen molar-refractivity contribution in [2.75, 3.05) is 6.54 Å². The van der Waals surface area contributed by atoms with Crippen LogP contribution in [0.4, 0.5) is 0 Å². The van der Waals surface area contributed by atoms with Crippen molar-refractivity contribution in [2.45, 2.75) is 33.7 Å². The lowest BCUT2D eigenvalue weighted by Gasteiger charge is -2.01. The van der Waals surface area contributed by atoms with E-state index >= 15 is 0 Å². The van der Waals surface area contributed by atoms with E-state index in [1.54, 1.807) is 22.7 Å². The second-order valence-electron chi connectivity index (χ2n) is 4.05. The molecular weight excluding hydrogens is 250 g/mol. The fourth-order valence-corrected chi connectivity index (χ4v) is 3.33. The first-order chi connectivity index (χ1) is 8.15. The molecule has 2 rings (SSSR count). The average Bonchev–Trinajstić information content (AvgIpc) is 2.81. The number of rotatable bonds is 5. The van der Waals surface area contributed by atoms with E-state index in [0.717, 1.165) is 35.9 Å². The molecule has 0 atom stereocenters. The molecule has 0 saturated carbocycles. The van der Waals surface area contributed by atoms with Crippen LogP contribution in [0.1, 0.15) is 26.3 Å². The predicted octanol–water partition coefficient (Wildman–Crippen LogP) is 2.86. The minimum Gasteiger partial charge on any atom is -0.311 e. The van der Waals surface area contributed by atoms with Gasteiger partial charge in [0.2, 0.25) is 0 Å². The largest absolute Gasteiger partial charge is 0.311 e. The summed E-state index contributed by atoms with van der Waals surface area (Å²) in [5.74, 6) is 0. The molecule has 0 radical (unpaired) electrons. The maximum Gasteiger partial charge on any atom is 0.0940 e. The number of nitrogens with one attached hydrogen (secondary N) is 1. The summed E-state index contributed by atoms with van der Waals surface area (Å²) in [6.07, 6.45) is 1.01. The van der Waals surface area contributed by atoms with E-state index in [9.17, 15) is 0 Å². The molecule has 0 aliphatic heterocycles.